The van der Waals surface area contributed by atoms with Crippen LogP contribution in [0, 0.1) is 17.8 Å². The predicted octanol–water partition coefficient (Wildman–Crippen LogP) is 12.1. The number of hydrogen-bond acceptors (Lipinski definition) is 1. The number of carboxylic acid groups (broad SMARTS) is 1. The summed E-state index contributed by atoms with van der Waals surface area (Å²) < 4.78 is 0. The summed E-state index contributed by atoms with van der Waals surface area (Å²) in [7, 11) is 0. The first-order valence-corrected chi connectivity index (χ1v) is 16.8. The third-order valence-electron chi connectivity index (χ3n) is 8.37. The molecular weight excluding hydrogens is 440 g/mol. The van der Waals surface area contributed by atoms with Gasteiger partial charge < -0.3 is 5.11 Å². The quantitative estimate of drug-likeness (QED) is 0.102. The molecule has 0 heterocycles. The van der Waals surface area contributed by atoms with Gasteiger partial charge in [0.1, 0.15) is 0 Å². The van der Waals surface area contributed by atoms with Gasteiger partial charge in [0.05, 0.1) is 5.92 Å². The van der Waals surface area contributed by atoms with Crippen LogP contribution in [0.25, 0.3) is 0 Å². The molecule has 3 unspecified atom stereocenters. The van der Waals surface area contributed by atoms with Gasteiger partial charge in [0.15, 0.2) is 0 Å². The van der Waals surface area contributed by atoms with E-state index in [0.29, 0.717) is 11.8 Å². The molecule has 0 rings (SSSR count). The summed E-state index contributed by atoms with van der Waals surface area (Å²) in [4.78, 5) is 11.9. The molecule has 0 amide bonds. The second-order valence-electron chi connectivity index (χ2n) is 12.2. The minimum Gasteiger partial charge on any atom is -0.481 e. The van der Waals surface area contributed by atoms with Crippen molar-refractivity contribution in [2.45, 2.75) is 195 Å². The zero-order valence-electron chi connectivity index (χ0n) is 25.5. The maximum absolute atomic E-state index is 11.9. The molecule has 2 heteroatoms. The maximum atomic E-state index is 11.9. The Morgan fingerprint density at radius 1 is 0.500 bits per heavy atom. The SMILES string of the molecule is CCCCCCCCCCCCCCCCCCCCC(C)CC(CC(CCC)CCCC)C(=O)O. The van der Waals surface area contributed by atoms with E-state index in [-0.39, 0.29) is 5.92 Å². The molecule has 0 aliphatic heterocycles. The fraction of sp³-hybridized carbons (Fsp3) is 0.971. The van der Waals surface area contributed by atoms with Gasteiger partial charge >= 0.3 is 5.97 Å². The minimum absolute atomic E-state index is 0.135. The molecule has 0 spiro atoms. The molecule has 0 radical (unpaired) electrons. The van der Waals surface area contributed by atoms with E-state index in [1.165, 1.54) is 154 Å². The molecule has 0 fully saturated rings. The lowest BCUT2D eigenvalue weighted by Crippen LogP contribution is -2.20. The van der Waals surface area contributed by atoms with Crippen LogP contribution in [-0.4, -0.2) is 11.1 Å². The normalized spacial score (nSPS) is 14.1. The number of rotatable bonds is 29. The summed E-state index contributed by atoms with van der Waals surface area (Å²) in [6.07, 6.45) is 34.5. The van der Waals surface area contributed by atoms with Gasteiger partial charge in [-0.05, 0) is 24.7 Å². The van der Waals surface area contributed by atoms with Crippen LogP contribution in [0.1, 0.15) is 195 Å². The summed E-state index contributed by atoms with van der Waals surface area (Å²) in [5.74, 6) is 0.454. The van der Waals surface area contributed by atoms with E-state index in [9.17, 15) is 9.90 Å². The first kappa shape index (κ1) is 35.5. The van der Waals surface area contributed by atoms with Gasteiger partial charge in [0.2, 0.25) is 0 Å². The van der Waals surface area contributed by atoms with Crippen molar-refractivity contribution in [2.75, 3.05) is 0 Å². The van der Waals surface area contributed by atoms with Crippen molar-refractivity contribution in [3.05, 3.63) is 0 Å². The Morgan fingerprint density at radius 3 is 1.31 bits per heavy atom. The van der Waals surface area contributed by atoms with Crippen LogP contribution in [0.15, 0.2) is 0 Å². The number of aliphatic carboxylic acids is 1. The third-order valence-corrected chi connectivity index (χ3v) is 8.37. The van der Waals surface area contributed by atoms with Crippen LogP contribution >= 0.6 is 0 Å². The van der Waals surface area contributed by atoms with Crippen LogP contribution in [0.4, 0.5) is 0 Å². The van der Waals surface area contributed by atoms with Crippen molar-refractivity contribution in [1.29, 1.82) is 0 Å². The smallest absolute Gasteiger partial charge is 0.306 e. The lowest BCUT2D eigenvalue weighted by atomic mass is 9.82. The largest absolute Gasteiger partial charge is 0.481 e. The van der Waals surface area contributed by atoms with E-state index in [1.807, 2.05) is 0 Å². The molecule has 2 nitrogen and oxygen atoms in total. The number of hydrogen-bond donors (Lipinski definition) is 1. The Balaban J connectivity index is 3.62. The second-order valence-corrected chi connectivity index (χ2v) is 12.2. The standard InChI is InChI=1S/C34H68O2/c1-5-8-10-11-12-13-14-15-16-17-18-19-20-21-22-23-24-25-27-31(4)29-33(34(35)36)30-32(26-7-3)28-9-6-2/h31-33H,5-30H2,1-4H3,(H,35,36). The van der Waals surface area contributed by atoms with Gasteiger partial charge in [-0.2, -0.15) is 0 Å². The Kier molecular flexibility index (Phi) is 27.1. The fourth-order valence-corrected chi connectivity index (χ4v) is 5.98. The fourth-order valence-electron chi connectivity index (χ4n) is 5.98. The molecule has 216 valence electrons. The number of carbonyl (C=O) groups is 1. The predicted molar refractivity (Wildman–Crippen MR) is 161 cm³/mol. The van der Waals surface area contributed by atoms with E-state index in [2.05, 4.69) is 27.7 Å². The molecule has 3 atom stereocenters. The van der Waals surface area contributed by atoms with E-state index in [1.54, 1.807) is 0 Å². The molecule has 0 aromatic rings. The average Bonchev–Trinajstić information content (AvgIpc) is 2.86. The van der Waals surface area contributed by atoms with Gasteiger partial charge in [-0.3, -0.25) is 4.79 Å². The highest BCUT2D eigenvalue weighted by molar-refractivity contribution is 5.69. The number of unbranched alkanes of at least 4 members (excludes halogenated alkanes) is 18. The van der Waals surface area contributed by atoms with Gasteiger partial charge in [-0.15, -0.1) is 0 Å². The van der Waals surface area contributed by atoms with E-state index in [4.69, 9.17) is 0 Å². The monoisotopic (exact) mass is 509 g/mol. The Labute approximate surface area is 228 Å². The molecule has 0 bridgehead atoms. The lowest BCUT2D eigenvalue weighted by molar-refractivity contribution is -0.143. The van der Waals surface area contributed by atoms with Gasteiger partial charge in [-0.25, -0.2) is 0 Å². The van der Waals surface area contributed by atoms with Crippen LogP contribution in [0.5, 0.6) is 0 Å². The van der Waals surface area contributed by atoms with Crippen molar-refractivity contribution in [3.63, 3.8) is 0 Å². The zero-order valence-corrected chi connectivity index (χ0v) is 25.5. The molecule has 0 aromatic heterocycles. The lowest BCUT2D eigenvalue weighted by Gasteiger charge is -2.23. The molecule has 0 aliphatic rings. The first-order chi connectivity index (χ1) is 17.5. The average molecular weight is 509 g/mol. The minimum atomic E-state index is -0.558. The Hall–Kier alpha value is -0.530. The molecular formula is C34H68O2. The van der Waals surface area contributed by atoms with Crippen molar-refractivity contribution in [2.24, 2.45) is 17.8 Å². The maximum Gasteiger partial charge on any atom is 0.306 e. The Bertz CT molecular complexity index is 446. The summed E-state index contributed by atoms with van der Waals surface area (Å²) in [6, 6.07) is 0. The molecule has 1 N–H and O–H groups in total. The van der Waals surface area contributed by atoms with Gasteiger partial charge in [-0.1, -0.05) is 182 Å². The van der Waals surface area contributed by atoms with E-state index < -0.39 is 5.97 Å². The van der Waals surface area contributed by atoms with Crippen LogP contribution in [-0.2, 0) is 4.79 Å². The van der Waals surface area contributed by atoms with Crippen molar-refractivity contribution in [3.8, 4) is 0 Å². The van der Waals surface area contributed by atoms with E-state index >= 15 is 0 Å². The molecule has 0 aliphatic carbocycles. The molecule has 36 heavy (non-hydrogen) atoms. The number of carboxylic acids is 1. The third kappa shape index (κ3) is 23.8. The zero-order chi connectivity index (χ0) is 26.7. The van der Waals surface area contributed by atoms with Crippen LogP contribution < -0.4 is 0 Å². The summed E-state index contributed by atoms with van der Waals surface area (Å²) >= 11 is 0. The topological polar surface area (TPSA) is 37.3 Å². The second kappa shape index (κ2) is 27.5. The van der Waals surface area contributed by atoms with Crippen molar-refractivity contribution < 1.29 is 9.90 Å². The summed E-state index contributed by atoms with van der Waals surface area (Å²) in [5.41, 5.74) is 0. The first-order valence-electron chi connectivity index (χ1n) is 16.8. The highest BCUT2D eigenvalue weighted by atomic mass is 16.4. The van der Waals surface area contributed by atoms with E-state index in [0.717, 1.165) is 12.8 Å². The Morgan fingerprint density at radius 2 is 0.917 bits per heavy atom. The molecule has 0 saturated heterocycles. The highest BCUT2D eigenvalue weighted by Gasteiger charge is 2.24. The molecule has 0 aromatic carbocycles. The molecule has 0 saturated carbocycles. The van der Waals surface area contributed by atoms with Crippen LogP contribution in [0.3, 0.4) is 0 Å². The highest BCUT2D eigenvalue weighted by Crippen LogP contribution is 2.29. The van der Waals surface area contributed by atoms with Crippen LogP contribution in [0.2, 0.25) is 0 Å². The van der Waals surface area contributed by atoms with Crippen molar-refractivity contribution in [1.82, 2.24) is 0 Å². The van der Waals surface area contributed by atoms with Crippen molar-refractivity contribution >= 4 is 5.97 Å². The van der Waals surface area contributed by atoms with Gasteiger partial charge in [0.25, 0.3) is 0 Å². The van der Waals surface area contributed by atoms with Gasteiger partial charge in [0, 0.05) is 0 Å². The summed E-state index contributed by atoms with van der Waals surface area (Å²) in [6.45, 7) is 9.04. The summed E-state index contributed by atoms with van der Waals surface area (Å²) in [5, 5.41) is 9.79.